The molecule has 16 heavy (non-hydrogen) atoms. The van der Waals surface area contributed by atoms with Crippen LogP contribution in [0.15, 0.2) is 12.1 Å². The number of nitro groups is 1. The van der Waals surface area contributed by atoms with Gasteiger partial charge in [0.2, 0.25) is 0 Å². The Morgan fingerprint density at radius 1 is 1.56 bits per heavy atom. The lowest BCUT2D eigenvalue weighted by Crippen LogP contribution is -2.03. The SMILES string of the molecule is CCOc1cc(C(=O)O)cc([N+](=O)[O-])c1C. The van der Waals surface area contributed by atoms with E-state index in [-0.39, 0.29) is 17.0 Å². The highest BCUT2D eigenvalue weighted by Gasteiger charge is 2.19. The van der Waals surface area contributed by atoms with Crippen LogP contribution < -0.4 is 4.74 Å². The highest BCUT2D eigenvalue weighted by Crippen LogP contribution is 2.29. The number of ether oxygens (including phenoxy) is 1. The van der Waals surface area contributed by atoms with Crippen molar-refractivity contribution in [2.24, 2.45) is 0 Å². The normalized spacial score (nSPS) is 9.88. The van der Waals surface area contributed by atoms with Gasteiger partial charge >= 0.3 is 5.97 Å². The van der Waals surface area contributed by atoms with Gasteiger partial charge in [0.1, 0.15) is 5.75 Å². The first-order chi connectivity index (χ1) is 7.47. The van der Waals surface area contributed by atoms with E-state index in [9.17, 15) is 14.9 Å². The van der Waals surface area contributed by atoms with Gasteiger partial charge in [-0.1, -0.05) is 0 Å². The molecule has 0 fully saturated rings. The smallest absolute Gasteiger partial charge is 0.336 e. The van der Waals surface area contributed by atoms with E-state index in [0.717, 1.165) is 6.07 Å². The van der Waals surface area contributed by atoms with Crippen molar-refractivity contribution in [3.63, 3.8) is 0 Å². The van der Waals surface area contributed by atoms with Gasteiger partial charge in [-0.3, -0.25) is 10.1 Å². The summed E-state index contributed by atoms with van der Waals surface area (Å²) in [6, 6.07) is 2.31. The summed E-state index contributed by atoms with van der Waals surface area (Å²) in [5.74, 6) is -0.988. The summed E-state index contributed by atoms with van der Waals surface area (Å²) in [5.41, 5.74) is -0.0686. The zero-order valence-electron chi connectivity index (χ0n) is 8.89. The Hall–Kier alpha value is -2.11. The number of nitro benzene ring substituents is 1. The largest absolute Gasteiger partial charge is 0.493 e. The average molecular weight is 225 g/mol. The quantitative estimate of drug-likeness (QED) is 0.625. The predicted octanol–water partition coefficient (Wildman–Crippen LogP) is 2.00. The van der Waals surface area contributed by atoms with E-state index >= 15 is 0 Å². The molecule has 0 amide bonds. The van der Waals surface area contributed by atoms with Gasteiger partial charge in [0, 0.05) is 6.07 Å². The van der Waals surface area contributed by atoms with Crippen molar-refractivity contribution in [1.29, 1.82) is 0 Å². The van der Waals surface area contributed by atoms with E-state index in [1.807, 2.05) is 0 Å². The van der Waals surface area contributed by atoms with E-state index in [1.54, 1.807) is 6.92 Å². The zero-order chi connectivity index (χ0) is 12.3. The molecule has 0 spiro atoms. The van der Waals surface area contributed by atoms with E-state index in [0.29, 0.717) is 12.2 Å². The third-order valence-corrected chi connectivity index (χ3v) is 2.08. The first kappa shape index (κ1) is 12.0. The van der Waals surface area contributed by atoms with Crippen LogP contribution in [0.4, 0.5) is 5.69 Å². The predicted molar refractivity (Wildman–Crippen MR) is 56.0 cm³/mol. The van der Waals surface area contributed by atoms with Crippen molar-refractivity contribution in [1.82, 2.24) is 0 Å². The molecule has 0 aliphatic carbocycles. The van der Waals surface area contributed by atoms with Gasteiger partial charge in [-0.15, -0.1) is 0 Å². The molecule has 6 heteroatoms. The van der Waals surface area contributed by atoms with Crippen LogP contribution in [0.2, 0.25) is 0 Å². The zero-order valence-corrected chi connectivity index (χ0v) is 8.89. The second-order valence-corrected chi connectivity index (χ2v) is 3.11. The van der Waals surface area contributed by atoms with Crippen LogP contribution in [0, 0.1) is 17.0 Å². The van der Waals surface area contributed by atoms with Crippen molar-refractivity contribution < 1.29 is 19.6 Å². The number of hydrogen-bond acceptors (Lipinski definition) is 4. The lowest BCUT2D eigenvalue weighted by atomic mass is 10.1. The first-order valence-electron chi connectivity index (χ1n) is 4.62. The second-order valence-electron chi connectivity index (χ2n) is 3.11. The summed E-state index contributed by atoms with van der Waals surface area (Å²) < 4.78 is 5.15. The van der Waals surface area contributed by atoms with E-state index < -0.39 is 10.9 Å². The fraction of sp³-hybridized carbons (Fsp3) is 0.300. The summed E-state index contributed by atoms with van der Waals surface area (Å²) >= 11 is 0. The van der Waals surface area contributed by atoms with Crippen molar-refractivity contribution in [2.75, 3.05) is 6.61 Å². The maximum Gasteiger partial charge on any atom is 0.336 e. The Morgan fingerprint density at radius 2 is 2.19 bits per heavy atom. The highest BCUT2D eigenvalue weighted by molar-refractivity contribution is 5.89. The molecule has 0 aliphatic heterocycles. The molecular weight excluding hydrogens is 214 g/mol. The molecule has 1 aromatic rings. The fourth-order valence-corrected chi connectivity index (χ4v) is 1.29. The molecule has 86 valence electrons. The van der Waals surface area contributed by atoms with Crippen molar-refractivity contribution in [2.45, 2.75) is 13.8 Å². The molecule has 0 saturated heterocycles. The summed E-state index contributed by atoms with van der Waals surface area (Å²) in [5, 5.41) is 19.5. The van der Waals surface area contributed by atoms with Crippen LogP contribution in [0.5, 0.6) is 5.75 Å². The molecule has 1 rings (SSSR count). The molecule has 0 aliphatic rings. The third kappa shape index (κ3) is 2.28. The van der Waals surface area contributed by atoms with Gasteiger partial charge in [0.05, 0.1) is 22.7 Å². The van der Waals surface area contributed by atoms with Crippen molar-refractivity contribution in [3.05, 3.63) is 33.4 Å². The van der Waals surface area contributed by atoms with Crippen LogP contribution >= 0.6 is 0 Å². The van der Waals surface area contributed by atoms with Crippen molar-refractivity contribution >= 4 is 11.7 Å². The Kier molecular flexibility index (Phi) is 3.44. The van der Waals surface area contributed by atoms with Gasteiger partial charge in [-0.05, 0) is 19.9 Å². The second kappa shape index (κ2) is 4.61. The third-order valence-electron chi connectivity index (χ3n) is 2.08. The van der Waals surface area contributed by atoms with Crippen LogP contribution in [0.25, 0.3) is 0 Å². The number of rotatable bonds is 4. The maximum atomic E-state index is 10.8. The molecule has 0 radical (unpaired) electrons. The molecule has 1 aromatic carbocycles. The molecule has 0 aromatic heterocycles. The molecule has 0 saturated carbocycles. The van der Waals surface area contributed by atoms with E-state index in [1.165, 1.54) is 13.0 Å². The minimum Gasteiger partial charge on any atom is -0.493 e. The molecule has 0 heterocycles. The summed E-state index contributed by atoms with van der Waals surface area (Å²) in [7, 11) is 0. The van der Waals surface area contributed by atoms with Gasteiger partial charge in [0.25, 0.3) is 5.69 Å². The Labute approximate surface area is 91.6 Å². The number of carboxylic acid groups (broad SMARTS) is 1. The number of nitrogens with zero attached hydrogens (tertiary/aromatic N) is 1. The average Bonchev–Trinajstić information content (AvgIpc) is 2.20. The van der Waals surface area contributed by atoms with E-state index in [4.69, 9.17) is 9.84 Å². The summed E-state index contributed by atoms with van der Waals surface area (Å²) in [4.78, 5) is 20.9. The Bertz CT molecular complexity index is 441. The molecule has 1 N–H and O–H groups in total. The molecule has 0 atom stereocenters. The van der Waals surface area contributed by atoms with Crippen LogP contribution in [-0.4, -0.2) is 22.6 Å². The minimum absolute atomic E-state index is 0.152. The summed E-state index contributed by atoms with van der Waals surface area (Å²) in [6.07, 6.45) is 0. The standard InChI is InChI=1S/C10H11NO5/c1-3-16-9-5-7(10(12)13)4-8(6(9)2)11(14)15/h4-5H,3H2,1-2H3,(H,12,13). The topological polar surface area (TPSA) is 89.7 Å². The highest BCUT2D eigenvalue weighted by atomic mass is 16.6. The van der Waals surface area contributed by atoms with Gasteiger partial charge in [-0.25, -0.2) is 4.79 Å². The molecule has 0 bridgehead atoms. The maximum absolute atomic E-state index is 10.8. The Balaban J connectivity index is 3.38. The number of carbonyl (C=O) groups is 1. The van der Waals surface area contributed by atoms with Crippen LogP contribution in [0.1, 0.15) is 22.8 Å². The van der Waals surface area contributed by atoms with Crippen molar-refractivity contribution in [3.8, 4) is 5.75 Å². The lowest BCUT2D eigenvalue weighted by Gasteiger charge is -2.08. The van der Waals surface area contributed by atoms with Gasteiger partial charge in [-0.2, -0.15) is 0 Å². The Morgan fingerprint density at radius 3 is 2.62 bits per heavy atom. The van der Waals surface area contributed by atoms with E-state index in [2.05, 4.69) is 0 Å². The lowest BCUT2D eigenvalue weighted by molar-refractivity contribution is -0.385. The monoisotopic (exact) mass is 225 g/mol. The number of carboxylic acids is 1. The molecule has 0 unspecified atom stereocenters. The van der Waals surface area contributed by atoms with Crippen LogP contribution in [-0.2, 0) is 0 Å². The van der Waals surface area contributed by atoms with Crippen LogP contribution in [0.3, 0.4) is 0 Å². The molecular formula is C10H11NO5. The first-order valence-corrected chi connectivity index (χ1v) is 4.62. The number of benzene rings is 1. The molecule has 6 nitrogen and oxygen atoms in total. The number of aromatic carboxylic acids is 1. The van der Waals surface area contributed by atoms with Gasteiger partial charge < -0.3 is 9.84 Å². The van der Waals surface area contributed by atoms with Gasteiger partial charge in [0.15, 0.2) is 0 Å². The summed E-state index contributed by atoms with van der Waals surface area (Å²) in [6.45, 7) is 3.56. The number of hydrogen-bond donors (Lipinski definition) is 1. The minimum atomic E-state index is -1.22. The fourth-order valence-electron chi connectivity index (χ4n) is 1.29.